The monoisotopic (exact) mass is 504 g/mol. The number of hydrogen-bond acceptors (Lipinski definition) is 7. The summed E-state index contributed by atoms with van der Waals surface area (Å²) in [6.07, 6.45) is -1.74. The van der Waals surface area contributed by atoms with E-state index in [0.29, 0.717) is 35.1 Å². The minimum atomic E-state index is -4.51. The summed E-state index contributed by atoms with van der Waals surface area (Å²) in [6.45, 7) is 1.15. The number of ether oxygens (including phenoxy) is 1. The van der Waals surface area contributed by atoms with Gasteiger partial charge in [0.05, 0.1) is 37.0 Å². The molecule has 1 aromatic heterocycles. The third kappa shape index (κ3) is 4.89. The van der Waals surface area contributed by atoms with Crippen LogP contribution in [0.25, 0.3) is 17.0 Å². The molecule has 2 N–H and O–H groups in total. The van der Waals surface area contributed by atoms with Crippen molar-refractivity contribution in [3.8, 4) is 5.75 Å². The van der Waals surface area contributed by atoms with Crippen LogP contribution >= 0.6 is 11.8 Å². The molecule has 184 valence electrons. The van der Waals surface area contributed by atoms with E-state index in [9.17, 15) is 23.4 Å². The van der Waals surface area contributed by atoms with E-state index >= 15 is 0 Å². The minimum absolute atomic E-state index is 0.0454. The fourth-order valence-corrected chi connectivity index (χ4v) is 5.26. The molecule has 35 heavy (non-hydrogen) atoms. The molecule has 2 unspecified atom stereocenters. The second-order valence-electron chi connectivity index (χ2n) is 8.46. The number of nitrogens with zero attached hydrogens (tertiary/aromatic N) is 4. The number of benzene rings is 2. The summed E-state index contributed by atoms with van der Waals surface area (Å²) in [6, 6.07) is 9.41. The first-order valence-electron chi connectivity index (χ1n) is 11.0. The van der Waals surface area contributed by atoms with Gasteiger partial charge in [-0.15, -0.1) is 0 Å². The molecule has 0 amide bonds. The Morgan fingerprint density at radius 1 is 1.20 bits per heavy atom. The molecule has 5 rings (SSSR count). The van der Waals surface area contributed by atoms with Crippen molar-refractivity contribution in [3.05, 3.63) is 64.2 Å². The van der Waals surface area contributed by atoms with E-state index in [0.717, 1.165) is 17.0 Å². The lowest BCUT2D eigenvalue weighted by Gasteiger charge is -2.15. The summed E-state index contributed by atoms with van der Waals surface area (Å²) < 4.78 is 47.3. The van der Waals surface area contributed by atoms with Gasteiger partial charge in [-0.25, -0.2) is 4.99 Å². The number of rotatable bonds is 4. The summed E-state index contributed by atoms with van der Waals surface area (Å²) in [5.74, 6) is 0.143. The maximum atomic E-state index is 13.6. The highest BCUT2D eigenvalue weighted by Crippen LogP contribution is 2.36. The van der Waals surface area contributed by atoms with Gasteiger partial charge in [-0.3, -0.25) is 4.68 Å². The highest BCUT2D eigenvalue weighted by molar-refractivity contribution is 8.17. The van der Waals surface area contributed by atoms with Gasteiger partial charge in [0.2, 0.25) is 0 Å². The zero-order chi connectivity index (χ0) is 24.7. The number of halogens is 3. The van der Waals surface area contributed by atoms with Gasteiger partial charge in [0.1, 0.15) is 5.75 Å². The largest absolute Gasteiger partial charge is 0.497 e. The van der Waals surface area contributed by atoms with Gasteiger partial charge in [0.15, 0.2) is 11.4 Å². The van der Waals surface area contributed by atoms with E-state index in [1.807, 2.05) is 23.1 Å². The maximum Gasteiger partial charge on any atom is 0.416 e. The molecule has 7 nitrogen and oxygen atoms in total. The topological polar surface area (TPSA) is 83.1 Å². The number of alkyl halides is 3. The van der Waals surface area contributed by atoms with Crippen LogP contribution in [-0.2, 0) is 12.7 Å². The normalized spacial score (nSPS) is 21.8. The molecule has 0 bridgehead atoms. The molecule has 0 aliphatic carbocycles. The van der Waals surface area contributed by atoms with Crippen LogP contribution in [0.4, 0.5) is 13.2 Å². The summed E-state index contributed by atoms with van der Waals surface area (Å²) >= 11 is 1.37. The van der Waals surface area contributed by atoms with Crippen molar-refractivity contribution >= 4 is 33.9 Å². The SMILES string of the molecule is COc1ccc(Cn2ncc3cc(C=C4SC(N5CCC(O)C5)=NC4O)ccc32)c(C(F)(F)F)c1. The lowest BCUT2D eigenvalue weighted by molar-refractivity contribution is -0.138. The quantitative estimate of drug-likeness (QED) is 0.560. The lowest BCUT2D eigenvalue weighted by atomic mass is 10.1. The fraction of sp³-hybridized carbons (Fsp3) is 0.333. The first kappa shape index (κ1) is 23.7. The van der Waals surface area contributed by atoms with Crippen LogP contribution < -0.4 is 4.74 Å². The molecule has 2 aromatic carbocycles. The Hall–Kier alpha value is -3.02. The first-order valence-corrected chi connectivity index (χ1v) is 11.8. The number of likely N-dealkylation sites (tertiary alicyclic amines) is 1. The molecule has 11 heteroatoms. The molecule has 1 saturated heterocycles. The van der Waals surface area contributed by atoms with Crippen LogP contribution in [-0.4, -0.2) is 62.6 Å². The second kappa shape index (κ2) is 9.21. The number of aliphatic imine (C=N–C) groups is 1. The number of aliphatic hydroxyl groups is 2. The Kier molecular flexibility index (Phi) is 6.24. The molecule has 2 aliphatic rings. The molecular formula is C24H23F3N4O3S. The smallest absolute Gasteiger partial charge is 0.416 e. The highest BCUT2D eigenvalue weighted by Gasteiger charge is 2.34. The average Bonchev–Trinajstić information content (AvgIpc) is 3.52. The van der Waals surface area contributed by atoms with Crippen molar-refractivity contribution in [3.63, 3.8) is 0 Å². The fourth-order valence-electron chi connectivity index (χ4n) is 4.25. The molecule has 2 atom stereocenters. The lowest BCUT2D eigenvalue weighted by Crippen LogP contribution is -2.26. The zero-order valence-corrected chi connectivity index (χ0v) is 19.6. The van der Waals surface area contributed by atoms with Crippen LogP contribution in [0.3, 0.4) is 0 Å². The van der Waals surface area contributed by atoms with Crippen molar-refractivity contribution in [1.29, 1.82) is 0 Å². The Bertz CT molecular complexity index is 1320. The van der Waals surface area contributed by atoms with Crippen molar-refractivity contribution in [2.75, 3.05) is 20.2 Å². The Morgan fingerprint density at radius 3 is 2.74 bits per heavy atom. The molecule has 3 aromatic rings. The number of methoxy groups -OCH3 is 1. The molecule has 1 fully saturated rings. The molecule has 0 saturated carbocycles. The van der Waals surface area contributed by atoms with E-state index < -0.39 is 18.0 Å². The van der Waals surface area contributed by atoms with Crippen LogP contribution in [0.5, 0.6) is 5.75 Å². The number of hydrogen-bond donors (Lipinski definition) is 2. The number of aromatic nitrogens is 2. The number of aliphatic hydroxyl groups excluding tert-OH is 2. The summed E-state index contributed by atoms with van der Waals surface area (Å²) in [5, 5.41) is 25.9. The predicted molar refractivity (Wildman–Crippen MR) is 128 cm³/mol. The standard InChI is InChI=1S/C24H23F3N4O3S/c1-34-18-4-3-15(19(10-18)24(25,26)27)12-31-20-5-2-14(8-16(20)11-28-31)9-21-22(33)29-23(35-21)30-7-6-17(32)13-30/h2-5,8-11,17,22,32-33H,6-7,12-13H2,1H3. The van der Waals surface area contributed by atoms with Gasteiger partial charge in [-0.1, -0.05) is 23.9 Å². The van der Waals surface area contributed by atoms with E-state index in [2.05, 4.69) is 10.1 Å². The molecule has 3 heterocycles. The first-order chi connectivity index (χ1) is 16.7. The predicted octanol–water partition coefficient (Wildman–Crippen LogP) is 3.94. The van der Waals surface area contributed by atoms with Gasteiger partial charge in [-0.2, -0.15) is 18.3 Å². The molecular weight excluding hydrogens is 481 g/mol. The van der Waals surface area contributed by atoms with Crippen LogP contribution in [0.2, 0.25) is 0 Å². The van der Waals surface area contributed by atoms with Crippen molar-refractivity contribution in [2.45, 2.75) is 31.5 Å². The Balaban J connectivity index is 1.37. The van der Waals surface area contributed by atoms with Gasteiger partial charge < -0.3 is 19.8 Å². The Labute approximate surface area is 203 Å². The van der Waals surface area contributed by atoms with Crippen molar-refractivity contribution < 1.29 is 28.1 Å². The van der Waals surface area contributed by atoms with Crippen LogP contribution in [0.1, 0.15) is 23.1 Å². The van der Waals surface area contributed by atoms with Crippen LogP contribution in [0.15, 0.2) is 52.5 Å². The average molecular weight is 505 g/mol. The number of thioether (sulfide) groups is 1. The second-order valence-corrected chi connectivity index (χ2v) is 9.50. The highest BCUT2D eigenvalue weighted by atomic mass is 32.2. The summed E-state index contributed by atoms with van der Waals surface area (Å²) in [7, 11) is 1.33. The number of amidine groups is 1. The summed E-state index contributed by atoms with van der Waals surface area (Å²) in [4.78, 5) is 6.93. The van der Waals surface area contributed by atoms with E-state index in [4.69, 9.17) is 4.74 Å². The van der Waals surface area contributed by atoms with Crippen molar-refractivity contribution in [2.24, 2.45) is 4.99 Å². The maximum absolute atomic E-state index is 13.6. The number of fused-ring (bicyclic) bond motifs is 1. The number of β-amino-alcohol motifs (C(OH)–C–C–N with tert-alkyl or cyclic N) is 1. The van der Waals surface area contributed by atoms with Gasteiger partial charge in [0.25, 0.3) is 0 Å². The minimum Gasteiger partial charge on any atom is -0.497 e. The van der Waals surface area contributed by atoms with Gasteiger partial charge in [0, 0.05) is 23.4 Å². The zero-order valence-electron chi connectivity index (χ0n) is 18.7. The Morgan fingerprint density at radius 2 is 2.03 bits per heavy atom. The van der Waals surface area contributed by atoms with Crippen molar-refractivity contribution in [1.82, 2.24) is 14.7 Å². The van der Waals surface area contributed by atoms with E-state index in [1.54, 1.807) is 12.3 Å². The van der Waals surface area contributed by atoms with E-state index in [-0.39, 0.29) is 24.0 Å². The molecule has 0 radical (unpaired) electrons. The van der Waals surface area contributed by atoms with Gasteiger partial charge >= 0.3 is 6.18 Å². The summed E-state index contributed by atoms with van der Waals surface area (Å²) in [5.41, 5.74) is 0.850. The van der Waals surface area contributed by atoms with E-state index in [1.165, 1.54) is 35.7 Å². The molecule has 0 spiro atoms. The van der Waals surface area contributed by atoms with Gasteiger partial charge in [-0.05, 0) is 47.9 Å². The third-order valence-electron chi connectivity index (χ3n) is 6.05. The third-order valence-corrected chi connectivity index (χ3v) is 7.16. The molecule has 2 aliphatic heterocycles. The van der Waals surface area contributed by atoms with Crippen LogP contribution in [0, 0.1) is 0 Å².